The summed E-state index contributed by atoms with van der Waals surface area (Å²) in [7, 11) is 0. The molecule has 0 amide bonds. The first-order valence-corrected chi connectivity index (χ1v) is 7.11. The zero-order valence-corrected chi connectivity index (χ0v) is 12.7. The molecule has 0 saturated carbocycles. The summed E-state index contributed by atoms with van der Waals surface area (Å²) in [5.41, 5.74) is 1.63. The van der Waals surface area contributed by atoms with Crippen LogP contribution < -0.4 is 10.6 Å². The Morgan fingerprint density at radius 1 is 1.19 bits per heavy atom. The number of halogens is 2. The number of pyridine rings is 1. The highest BCUT2D eigenvalue weighted by atomic mass is 35.5. The lowest BCUT2D eigenvalue weighted by Crippen LogP contribution is -2.18. The quantitative estimate of drug-likeness (QED) is 0.673. The average molecular weight is 328 g/mol. The first-order valence-electron chi connectivity index (χ1n) is 6.35. The Morgan fingerprint density at radius 3 is 2.81 bits per heavy atom. The van der Waals surface area contributed by atoms with Crippen molar-refractivity contribution in [2.45, 2.75) is 13.1 Å². The second kappa shape index (κ2) is 8.09. The van der Waals surface area contributed by atoms with Crippen LogP contribution in [0.1, 0.15) is 11.3 Å². The maximum absolute atomic E-state index is 8.76. The van der Waals surface area contributed by atoms with E-state index in [1.807, 2.05) is 6.07 Å². The molecule has 0 aliphatic rings. The molecule has 3 N–H and O–H groups in total. The fourth-order valence-corrected chi connectivity index (χ4v) is 2.12. The number of hydrogen-bond donors (Lipinski definition) is 3. The number of aliphatic hydroxyl groups excluding tert-OH is 1. The summed E-state index contributed by atoms with van der Waals surface area (Å²) in [4.78, 5) is 12.1. The van der Waals surface area contributed by atoms with Crippen LogP contribution in [0.4, 0.5) is 5.82 Å². The average Bonchev–Trinajstić information content (AvgIpc) is 2.49. The van der Waals surface area contributed by atoms with Gasteiger partial charge in [0.05, 0.1) is 30.1 Å². The number of aliphatic hydroxyl groups is 1. The van der Waals surface area contributed by atoms with Crippen molar-refractivity contribution in [1.29, 1.82) is 0 Å². The number of nitrogens with zero attached hydrogens (tertiary/aromatic N) is 3. The molecular formula is C13H15Cl2N5O. The molecule has 0 aliphatic heterocycles. The molecule has 0 unspecified atom stereocenters. The highest BCUT2D eigenvalue weighted by Crippen LogP contribution is 2.21. The predicted octanol–water partition coefficient (Wildman–Crippen LogP) is 1.87. The lowest BCUT2D eigenvalue weighted by molar-refractivity contribution is 0.292. The Morgan fingerprint density at radius 2 is 2.05 bits per heavy atom. The first-order chi connectivity index (χ1) is 10.2. The number of rotatable bonds is 7. The van der Waals surface area contributed by atoms with Crippen LogP contribution in [0.5, 0.6) is 0 Å². The Balaban J connectivity index is 2.03. The van der Waals surface area contributed by atoms with Crippen molar-refractivity contribution >= 4 is 29.0 Å². The molecule has 0 spiro atoms. The fourth-order valence-electron chi connectivity index (χ4n) is 1.70. The molecule has 2 rings (SSSR count). The Hall–Kier alpha value is -1.47. The molecule has 0 aliphatic carbocycles. The zero-order valence-electron chi connectivity index (χ0n) is 11.2. The van der Waals surface area contributed by atoms with Gasteiger partial charge in [0.2, 0.25) is 0 Å². The number of nitrogens with one attached hydrogen (secondary N) is 2. The molecule has 21 heavy (non-hydrogen) atoms. The van der Waals surface area contributed by atoms with E-state index >= 15 is 0 Å². The molecule has 2 aromatic rings. The van der Waals surface area contributed by atoms with Crippen LogP contribution in [0.2, 0.25) is 10.0 Å². The minimum absolute atomic E-state index is 0.0866. The maximum Gasteiger partial charge on any atom is 0.148 e. The molecule has 2 aromatic heterocycles. The van der Waals surface area contributed by atoms with Gasteiger partial charge in [0.15, 0.2) is 0 Å². The monoisotopic (exact) mass is 327 g/mol. The summed E-state index contributed by atoms with van der Waals surface area (Å²) in [6.45, 7) is 1.58. The molecule has 0 bridgehead atoms. The van der Waals surface area contributed by atoms with Gasteiger partial charge in [-0.1, -0.05) is 23.2 Å². The smallest absolute Gasteiger partial charge is 0.148 e. The number of anilines is 1. The third-order valence-corrected chi connectivity index (χ3v) is 3.47. The minimum Gasteiger partial charge on any atom is -0.395 e. The molecule has 8 heteroatoms. The van der Waals surface area contributed by atoms with Gasteiger partial charge in [-0.25, -0.2) is 9.97 Å². The van der Waals surface area contributed by atoms with Gasteiger partial charge in [-0.15, -0.1) is 0 Å². The van der Waals surface area contributed by atoms with Crippen molar-refractivity contribution in [3.8, 4) is 0 Å². The van der Waals surface area contributed by atoms with Crippen molar-refractivity contribution in [2.75, 3.05) is 18.5 Å². The van der Waals surface area contributed by atoms with E-state index in [0.29, 0.717) is 41.2 Å². The van der Waals surface area contributed by atoms with Gasteiger partial charge < -0.3 is 15.7 Å². The van der Waals surface area contributed by atoms with E-state index in [1.54, 1.807) is 6.20 Å². The molecule has 0 saturated heterocycles. The molecule has 0 fully saturated rings. The normalized spacial score (nSPS) is 10.6. The van der Waals surface area contributed by atoms with Crippen molar-refractivity contribution in [2.24, 2.45) is 0 Å². The number of hydrogen-bond acceptors (Lipinski definition) is 6. The maximum atomic E-state index is 8.76. The van der Waals surface area contributed by atoms with Crippen LogP contribution in [-0.2, 0) is 13.1 Å². The first kappa shape index (κ1) is 15.9. The lowest BCUT2D eigenvalue weighted by atomic mass is 10.2. The molecule has 112 valence electrons. The third-order valence-electron chi connectivity index (χ3n) is 2.74. The second-order valence-corrected chi connectivity index (χ2v) is 4.99. The standard InChI is InChI=1S/C13H15Cl2N5O/c14-10-6-17-8-20-13(10)19-7-11-12(15)9(1-2-18-11)5-16-3-4-21/h1-2,6,8,16,21H,3-5,7H2,(H,17,19,20). The van der Waals surface area contributed by atoms with Crippen molar-refractivity contribution < 1.29 is 5.11 Å². The molecule has 2 heterocycles. The van der Waals surface area contributed by atoms with Gasteiger partial charge in [0.25, 0.3) is 0 Å². The van der Waals surface area contributed by atoms with Gasteiger partial charge >= 0.3 is 0 Å². The van der Waals surface area contributed by atoms with E-state index in [9.17, 15) is 0 Å². The van der Waals surface area contributed by atoms with Gasteiger partial charge in [-0.3, -0.25) is 4.98 Å². The van der Waals surface area contributed by atoms with E-state index in [4.69, 9.17) is 28.3 Å². The Labute approximate surface area is 132 Å². The largest absolute Gasteiger partial charge is 0.395 e. The minimum atomic E-state index is 0.0866. The van der Waals surface area contributed by atoms with Crippen LogP contribution in [0.3, 0.4) is 0 Å². The summed E-state index contributed by atoms with van der Waals surface area (Å²) >= 11 is 12.3. The van der Waals surface area contributed by atoms with E-state index < -0.39 is 0 Å². The summed E-state index contributed by atoms with van der Waals surface area (Å²) in [5, 5.41) is 15.9. The van der Waals surface area contributed by atoms with Gasteiger partial charge in [0, 0.05) is 19.3 Å². The zero-order chi connectivity index (χ0) is 15.1. The van der Waals surface area contributed by atoms with Crippen LogP contribution in [0.25, 0.3) is 0 Å². The fraction of sp³-hybridized carbons (Fsp3) is 0.308. The van der Waals surface area contributed by atoms with E-state index in [0.717, 1.165) is 5.56 Å². The third kappa shape index (κ3) is 4.50. The van der Waals surface area contributed by atoms with Crippen LogP contribution in [0.15, 0.2) is 24.8 Å². The van der Waals surface area contributed by atoms with E-state index in [2.05, 4.69) is 25.6 Å². The summed E-state index contributed by atoms with van der Waals surface area (Å²) < 4.78 is 0. The summed E-state index contributed by atoms with van der Waals surface area (Å²) in [6, 6.07) is 1.84. The van der Waals surface area contributed by atoms with E-state index in [1.165, 1.54) is 12.5 Å². The Bertz CT molecular complexity index is 597. The highest BCUT2D eigenvalue weighted by molar-refractivity contribution is 6.33. The Kier molecular flexibility index (Phi) is 6.13. The lowest BCUT2D eigenvalue weighted by Gasteiger charge is -2.11. The molecule has 0 aromatic carbocycles. The molecule has 0 radical (unpaired) electrons. The second-order valence-electron chi connectivity index (χ2n) is 4.20. The van der Waals surface area contributed by atoms with Crippen molar-refractivity contribution in [3.05, 3.63) is 46.1 Å². The highest BCUT2D eigenvalue weighted by Gasteiger charge is 2.08. The molecule has 6 nitrogen and oxygen atoms in total. The van der Waals surface area contributed by atoms with Crippen LogP contribution in [-0.4, -0.2) is 33.2 Å². The molecular weight excluding hydrogens is 313 g/mol. The summed E-state index contributed by atoms with van der Waals surface area (Å²) in [5.74, 6) is 0.536. The van der Waals surface area contributed by atoms with Crippen LogP contribution in [0, 0.1) is 0 Å². The van der Waals surface area contributed by atoms with Gasteiger partial charge in [-0.05, 0) is 11.6 Å². The van der Waals surface area contributed by atoms with Crippen molar-refractivity contribution in [1.82, 2.24) is 20.3 Å². The summed E-state index contributed by atoms with van der Waals surface area (Å²) in [6.07, 6.45) is 4.63. The molecule has 0 atom stereocenters. The van der Waals surface area contributed by atoms with Crippen LogP contribution >= 0.6 is 23.2 Å². The van der Waals surface area contributed by atoms with E-state index in [-0.39, 0.29) is 6.61 Å². The van der Waals surface area contributed by atoms with Crippen molar-refractivity contribution in [3.63, 3.8) is 0 Å². The van der Waals surface area contributed by atoms with Gasteiger partial charge in [-0.2, -0.15) is 0 Å². The number of aromatic nitrogens is 3. The topological polar surface area (TPSA) is 83.0 Å². The predicted molar refractivity (Wildman–Crippen MR) is 82.4 cm³/mol. The van der Waals surface area contributed by atoms with Gasteiger partial charge in [0.1, 0.15) is 17.2 Å². The SMILES string of the molecule is OCCNCc1ccnc(CNc2ncncc2Cl)c1Cl.